The number of aromatic hydroxyl groups is 1. The molecule has 0 radical (unpaired) electrons. The molecule has 98 valence electrons. The Kier molecular flexibility index (Phi) is 3.47. The van der Waals surface area contributed by atoms with Crippen molar-refractivity contribution in [1.29, 1.82) is 0 Å². The third-order valence-corrected chi connectivity index (χ3v) is 3.74. The maximum atomic E-state index is 9.81. The van der Waals surface area contributed by atoms with Gasteiger partial charge in [0, 0.05) is 30.9 Å². The van der Waals surface area contributed by atoms with Gasteiger partial charge in [-0.05, 0) is 42.2 Å². The number of phenols is 1. The molecule has 0 saturated carbocycles. The maximum absolute atomic E-state index is 9.81. The number of fused-ring (bicyclic) bond motifs is 1. The first kappa shape index (κ1) is 12.2. The molecule has 0 saturated heterocycles. The van der Waals surface area contributed by atoms with Crippen LogP contribution < -0.4 is 5.32 Å². The molecular weight excluding hydrogens is 236 g/mol. The van der Waals surface area contributed by atoms with Crippen molar-refractivity contribution in [3.05, 3.63) is 59.4 Å². The molecule has 1 atom stereocenters. The minimum Gasteiger partial charge on any atom is -0.508 e. The van der Waals surface area contributed by atoms with Crippen molar-refractivity contribution in [2.75, 3.05) is 6.54 Å². The molecule has 0 fully saturated rings. The predicted octanol–water partition coefficient (Wildman–Crippen LogP) is 2.61. The highest BCUT2D eigenvalue weighted by molar-refractivity contribution is 5.44. The first-order chi connectivity index (χ1) is 9.34. The van der Waals surface area contributed by atoms with E-state index in [-0.39, 0.29) is 0 Å². The second-order valence-electron chi connectivity index (χ2n) is 4.96. The molecule has 0 amide bonds. The highest BCUT2D eigenvalue weighted by Gasteiger charge is 2.23. The molecule has 3 rings (SSSR count). The van der Waals surface area contributed by atoms with Gasteiger partial charge < -0.3 is 10.4 Å². The Balaban J connectivity index is 1.60. The van der Waals surface area contributed by atoms with Crippen LogP contribution in [0.15, 0.2) is 42.6 Å². The van der Waals surface area contributed by atoms with Crippen LogP contribution in [0.1, 0.15) is 29.3 Å². The Morgan fingerprint density at radius 2 is 2.16 bits per heavy atom. The summed E-state index contributed by atoms with van der Waals surface area (Å²) >= 11 is 0. The van der Waals surface area contributed by atoms with E-state index in [1.807, 2.05) is 24.4 Å². The lowest BCUT2D eigenvalue weighted by Gasteiger charge is -2.14. The van der Waals surface area contributed by atoms with Gasteiger partial charge in [-0.3, -0.25) is 4.98 Å². The fourth-order valence-corrected chi connectivity index (χ4v) is 2.77. The predicted molar refractivity (Wildman–Crippen MR) is 75.1 cm³/mol. The number of pyridine rings is 1. The van der Waals surface area contributed by atoms with E-state index < -0.39 is 0 Å². The lowest BCUT2D eigenvalue weighted by molar-refractivity contribution is 0.469. The van der Waals surface area contributed by atoms with E-state index in [1.165, 1.54) is 5.56 Å². The Morgan fingerprint density at radius 3 is 3.00 bits per heavy atom. The van der Waals surface area contributed by atoms with E-state index in [2.05, 4.69) is 22.4 Å². The van der Waals surface area contributed by atoms with Gasteiger partial charge >= 0.3 is 0 Å². The van der Waals surface area contributed by atoms with Crippen LogP contribution in [0.3, 0.4) is 0 Å². The maximum Gasteiger partial charge on any atom is 0.119 e. The molecule has 19 heavy (non-hydrogen) atoms. The fourth-order valence-electron chi connectivity index (χ4n) is 2.77. The van der Waals surface area contributed by atoms with Crippen molar-refractivity contribution in [1.82, 2.24) is 10.3 Å². The van der Waals surface area contributed by atoms with Crippen molar-refractivity contribution >= 4 is 0 Å². The van der Waals surface area contributed by atoms with E-state index in [1.54, 1.807) is 6.07 Å². The minimum atomic E-state index is 0.366. The van der Waals surface area contributed by atoms with Crippen molar-refractivity contribution in [3.63, 3.8) is 0 Å². The summed E-state index contributed by atoms with van der Waals surface area (Å²) in [6.07, 6.45) is 4.79. The van der Waals surface area contributed by atoms with Gasteiger partial charge in [-0.25, -0.2) is 0 Å². The fraction of sp³-hybridized carbons (Fsp3) is 0.312. The minimum absolute atomic E-state index is 0.366. The number of nitrogens with one attached hydrogen (secondary N) is 1. The molecule has 1 aromatic carbocycles. The molecule has 0 aliphatic heterocycles. The van der Waals surface area contributed by atoms with Gasteiger partial charge in [-0.15, -0.1) is 0 Å². The molecule has 3 nitrogen and oxygen atoms in total. The summed E-state index contributed by atoms with van der Waals surface area (Å²) in [5.74, 6) is 0.437. The molecule has 2 aromatic rings. The Bertz CT molecular complexity index is 554. The number of aromatic nitrogens is 1. The average molecular weight is 254 g/mol. The highest BCUT2D eigenvalue weighted by atomic mass is 16.3. The zero-order valence-corrected chi connectivity index (χ0v) is 10.8. The van der Waals surface area contributed by atoms with E-state index in [0.29, 0.717) is 11.8 Å². The van der Waals surface area contributed by atoms with E-state index in [4.69, 9.17) is 0 Å². The van der Waals surface area contributed by atoms with Crippen LogP contribution >= 0.6 is 0 Å². The number of nitrogens with zero attached hydrogens (tertiary/aromatic N) is 1. The molecule has 2 N–H and O–H groups in total. The Labute approximate surface area is 113 Å². The first-order valence-electron chi connectivity index (χ1n) is 6.78. The summed E-state index contributed by atoms with van der Waals surface area (Å²) in [5, 5.41) is 13.4. The summed E-state index contributed by atoms with van der Waals surface area (Å²) in [4.78, 5) is 4.32. The summed E-state index contributed by atoms with van der Waals surface area (Å²) in [7, 11) is 0. The Morgan fingerprint density at radius 1 is 1.21 bits per heavy atom. The van der Waals surface area contributed by atoms with Gasteiger partial charge in [-0.2, -0.15) is 0 Å². The van der Waals surface area contributed by atoms with Crippen LogP contribution in [0.2, 0.25) is 0 Å². The highest BCUT2D eigenvalue weighted by Crippen LogP contribution is 2.36. The average Bonchev–Trinajstić information content (AvgIpc) is 2.85. The summed E-state index contributed by atoms with van der Waals surface area (Å²) in [5.41, 5.74) is 3.47. The standard InChI is InChI=1S/C16H18N2O/c19-16-6-3-5-13-14(16)7-8-15(13)18-11-9-12-4-1-2-10-17-12/h1-6,10,15,18-19H,7-9,11H2. The molecule has 1 aromatic heterocycles. The summed E-state index contributed by atoms with van der Waals surface area (Å²) in [6, 6.07) is 12.2. The van der Waals surface area contributed by atoms with Gasteiger partial charge in [0.1, 0.15) is 5.75 Å². The summed E-state index contributed by atoms with van der Waals surface area (Å²) in [6.45, 7) is 0.913. The second-order valence-corrected chi connectivity index (χ2v) is 4.96. The number of phenolic OH excluding ortho intramolecular Hbond substituents is 1. The monoisotopic (exact) mass is 254 g/mol. The molecule has 0 bridgehead atoms. The van der Waals surface area contributed by atoms with Gasteiger partial charge in [0.25, 0.3) is 0 Å². The van der Waals surface area contributed by atoms with Crippen LogP contribution in [0, 0.1) is 0 Å². The molecule has 1 unspecified atom stereocenters. The lowest BCUT2D eigenvalue weighted by Crippen LogP contribution is -2.22. The van der Waals surface area contributed by atoms with Gasteiger partial charge in [0.15, 0.2) is 0 Å². The third-order valence-electron chi connectivity index (χ3n) is 3.74. The van der Waals surface area contributed by atoms with Gasteiger partial charge in [-0.1, -0.05) is 18.2 Å². The number of hydrogen-bond donors (Lipinski definition) is 2. The zero-order valence-electron chi connectivity index (χ0n) is 10.8. The second kappa shape index (κ2) is 5.41. The van der Waals surface area contributed by atoms with Gasteiger partial charge in [0.2, 0.25) is 0 Å². The number of benzene rings is 1. The van der Waals surface area contributed by atoms with Gasteiger partial charge in [0.05, 0.1) is 0 Å². The molecule has 1 aliphatic carbocycles. The van der Waals surface area contributed by atoms with E-state index >= 15 is 0 Å². The number of hydrogen-bond acceptors (Lipinski definition) is 3. The summed E-state index contributed by atoms with van der Waals surface area (Å²) < 4.78 is 0. The van der Waals surface area contributed by atoms with Crippen LogP contribution in [0.25, 0.3) is 0 Å². The third kappa shape index (κ3) is 2.61. The number of rotatable bonds is 4. The van der Waals surface area contributed by atoms with Crippen LogP contribution in [0.5, 0.6) is 5.75 Å². The lowest BCUT2D eigenvalue weighted by atomic mass is 10.1. The molecule has 0 spiro atoms. The molecule has 1 aliphatic rings. The van der Waals surface area contributed by atoms with Crippen molar-refractivity contribution in [3.8, 4) is 5.75 Å². The largest absolute Gasteiger partial charge is 0.508 e. The molecule has 1 heterocycles. The van der Waals surface area contributed by atoms with Crippen molar-refractivity contribution < 1.29 is 5.11 Å². The molecule has 3 heteroatoms. The van der Waals surface area contributed by atoms with E-state index in [9.17, 15) is 5.11 Å². The van der Waals surface area contributed by atoms with E-state index in [0.717, 1.165) is 37.1 Å². The zero-order chi connectivity index (χ0) is 13.1. The van der Waals surface area contributed by atoms with Crippen LogP contribution in [0.4, 0.5) is 0 Å². The quantitative estimate of drug-likeness (QED) is 0.881. The molecular formula is C16H18N2O. The van der Waals surface area contributed by atoms with Crippen molar-refractivity contribution in [2.24, 2.45) is 0 Å². The normalized spacial score (nSPS) is 17.4. The SMILES string of the molecule is Oc1cccc2c1CCC2NCCc1ccccn1. The first-order valence-corrected chi connectivity index (χ1v) is 6.78. The Hall–Kier alpha value is -1.87. The van der Waals surface area contributed by atoms with Crippen LogP contribution in [-0.4, -0.2) is 16.6 Å². The van der Waals surface area contributed by atoms with Crippen molar-refractivity contribution in [2.45, 2.75) is 25.3 Å². The van der Waals surface area contributed by atoms with Crippen LogP contribution in [-0.2, 0) is 12.8 Å². The topological polar surface area (TPSA) is 45.1 Å². The smallest absolute Gasteiger partial charge is 0.119 e.